The number of hydrogen-bond acceptors (Lipinski definition) is 5. The molecule has 0 bridgehead atoms. The molecule has 0 fully saturated rings. The Morgan fingerprint density at radius 3 is 2.75 bits per heavy atom. The standard InChI is InChI=1S/C18H18N4OS/c1-12-7-3-4-8-14(12)11-19-22-17(23)13(2)20-18-21-15-9-5-6-10-16(15)24-18/h3-11,13H,1-2H3,(H,20,21)(H,22,23)/b19-11-/t13-/m1/s1. The molecule has 0 aliphatic rings. The summed E-state index contributed by atoms with van der Waals surface area (Å²) in [6, 6.07) is 15.3. The third-order valence-corrected chi connectivity index (χ3v) is 4.56. The van der Waals surface area contributed by atoms with Crippen molar-refractivity contribution in [3.8, 4) is 0 Å². The molecule has 5 nitrogen and oxygen atoms in total. The van der Waals surface area contributed by atoms with Crippen LogP contribution in [0, 0.1) is 6.92 Å². The van der Waals surface area contributed by atoms with Gasteiger partial charge in [-0.3, -0.25) is 4.79 Å². The summed E-state index contributed by atoms with van der Waals surface area (Å²) in [5, 5.41) is 7.86. The molecule has 2 N–H and O–H groups in total. The lowest BCUT2D eigenvalue weighted by molar-refractivity contribution is -0.121. The minimum Gasteiger partial charge on any atom is -0.350 e. The van der Waals surface area contributed by atoms with Gasteiger partial charge in [0.05, 0.1) is 16.4 Å². The number of thiazole rings is 1. The molecule has 0 saturated heterocycles. The molecule has 2 aromatic carbocycles. The van der Waals surface area contributed by atoms with Crippen LogP contribution in [0.25, 0.3) is 10.2 Å². The predicted octanol–water partition coefficient (Wildman–Crippen LogP) is 3.56. The van der Waals surface area contributed by atoms with Crippen molar-refractivity contribution >= 4 is 38.8 Å². The van der Waals surface area contributed by atoms with Crippen LogP contribution in [0.2, 0.25) is 0 Å². The van der Waals surface area contributed by atoms with E-state index < -0.39 is 6.04 Å². The Morgan fingerprint density at radius 2 is 1.96 bits per heavy atom. The van der Waals surface area contributed by atoms with Crippen LogP contribution < -0.4 is 10.7 Å². The van der Waals surface area contributed by atoms with E-state index in [4.69, 9.17) is 0 Å². The number of hydrazone groups is 1. The van der Waals surface area contributed by atoms with Crippen molar-refractivity contribution < 1.29 is 4.79 Å². The number of carbonyl (C=O) groups excluding carboxylic acids is 1. The molecule has 0 aliphatic carbocycles. The van der Waals surface area contributed by atoms with E-state index in [0.29, 0.717) is 0 Å². The number of nitrogens with one attached hydrogen (secondary N) is 2. The zero-order valence-electron chi connectivity index (χ0n) is 13.5. The highest BCUT2D eigenvalue weighted by Gasteiger charge is 2.14. The van der Waals surface area contributed by atoms with E-state index in [2.05, 4.69) is 20.8 Å². The second kappa shape index (κ2) is 7.23. The number of para-hydroxylation sites is 1. The number of amides is 1. The average molecular weight is 338 g/mol. The first-order valence-corrected chi connectivity index (χ1v) is 8.46. The van der Waals surface area contributed by atoms with E-state index in [1.54, 1.807) is 13.1 Å². The smallest absolute Gasteiger partial charge is 0.262 e. The molecule has 1 amide bonds. The van der Waals surface area contributed by atoms with Gasteiger partial charge < -0.3 is 5.32 Å². The van der Waals surface area contributed by atoms with Gasteiger partial charge in [-0.25, -0.2) is 10.4 Å². The molecule has 122 valence electrons. The average Bonchev–Trinajstić information content (AvgIpc) is 2.98. The van der Waals surface area contributed by atoms with Gasteiger partial charge in [0.25, 0.3) is 5.91 Å². The van der Waals surface area contributed by atoms with Gasteiger partial charge in [0.1, 0.15) is 6.04 Å². The van der Waals surface area contributed by atoms with E-state index >= 15 is 0 Å². The zero-order chi connectivity index (χ0) is 16.9. The molecule has 6 heteroatoms. The van der Waals surface area contributed by atoms with Crippen LogP contribution in [0.3, 0.4) is 0 Å². The van der Waals surface area contributed by atoms with Crippen LogP contribution in [0.4, 0.5) is 5.13 Å². The Hall–Kier alpha value is -2.73. The second-order valence-electron chi connectivity index (χ2n) is 5.44. The van der Waals surface area contributed by atoms with E-state index in [1.807, 2.05) is 55.5 Å². The van der Waals surface area contributed by atoms with Crippen molar-refractivity contribution in [1.29, 1.82) is 0 Å². The van der Waals surface area contributed by atoms with E-state index in [9.17, 15) is 4.79 Å². The monoisotopic (exact) mass is 338 g/mol. The fourth-order valence-corrected chi connectivity index (χ4v) is 3.13. The van der Waals surface area contributed by atoms with E-state index in [1.165, 1.54) is 11.3 Å². The summed E-state index contributed by atoms with van der Waals surface area (Å²) in [6.45, 7) is 3.78. The summed E-state index contributed by atoms with van der Waals surface area (Å²) in [5.74, 6) is -0.209. The van der Waals surface area contributed by atoms with Crippen LogP contribution in [-0.4, -0.2) is 23.1 Å². The molecule has 0 spiro atoms. The summed E-state index contributed by atoms with van der Waals surface area (Å²) >= 11 is 1.53. The number of carbonyl (C=O) groups is 1. The van der Waals surface area contributed by atoms with Gasteiger partial charge in [0, 0.05) is 0 Å². The third kappa shape index (κ3) is 3.78. The highest BCUT2D eigenvalue weighted by molar-refractivity contribution is 7.22. The number of aryl methyl sites for hydroxylation is 1. The number of nitrogens with zero attached hydrogens (tertiary/aromatic N) is 2. The van der Waals surface area contributed by atoms with Gasteiger partial charge in [-0.05, 0) is 37.1 Å². The Labute approximate surface area is 144 Å². The number of benzene rings is 2. The predicted molar refractivity (Wildman–Crippen MR) is 99.6 cm³/mol. The number of aromatic nitrogens is 1. The Morgan fingerprint density at radius 1 is 1.21 bits per heavy atom. The van der Waals surface area contributed by atoms with Crippen LogP contribution in [0.5, 0.6) is 0 Å². The Bertz CT molecular complexity index is 854. The molecule has 0 unspecified atom stereocenters. The van der Waals surface area contributed by atoms with Crippen LogP contribution in [0.15, 0.2) is 53.6 Å². The Kier molecular flexibility index (Phi) is 4.86. The van der Waals surface area contributed by atoms with Crippen LogP contribution in [-0.2, 0) is 4.79 Å². The van der Waals surface area contributed by atoms with Gasteiger partial charge in [-0.15, -0.1) is 0 Å². The first kappa shape index (κ1) is 16.1. The quantitative estimate of drug-likeness (QED) is 0.552. The Balaban J connectivity index is 1.59. The molecule has 3 aromatic rings. The third-order valence-electron chi connectivity index (χ3n) is 3.59. The zero-order valence-corrected chi connectivity index (χ0v) is 14.3. The largest absolute Gasteiger partial charge is 0.350 e. The number of anilines is 1. The second-order valence-corrected chi connectivity index (χ2v) is 6.47. The molecule has 0 radical (unpaired) electrons. The lowest BCUT2D eigenvalue weighted by Gasteiger charge is -2.10. The normalized spacial score (nSPS) is 12.4. The minimum absolute atomic E-state index is 0.209. The van der Waals surface area contributed by atoms with Gasteiger partial charge in [-0.1, -0.05) is 47.7 Å². The summed E-state index contributed by atoms with van der Waals surface area (Å²) in [4.78, 5) is 16.6. The van der Waals surface area contributed by atoms with Crippen LogP contribution in [0.1, 0.15) is 18.1 Å². The maximum absolute atomic E-state index is 12.1. The molecule has 24 heavy (non-hydrogen) atoms. The lowest BCUT2D eigenvalue weighted by atomic mass is 10.1. The summed E-state index contributed by atoms with van der Waals surface area (Å²) in [6.07, 6.45) is 1.65. The molecule has 0 aliphatic heterocycles. The van der Waals surface area contributed by atoms with E-state index in [0.717, 1.165) is 26.5 Å². The fourth-order valence-electron chi connectivity index (χ4n) is 2.18. The number of fused-ring (bicyclic) bond motifs is 1. The van der Waals surface area contributed by atoms with Gasteiger partial charge in [0.15, 0.2) is 5.13 Å². The van der Waals surface area contributed by atoms with Crippen molar-refractivity contribution in [3.05, 3.63) is 59.7 Å². The van der Waals surface area contributed by atoms with Crippen molar-refractivity contribution in [1.82, 2.24) is 10.4 Å². The maximum Gasteiger partial charge on any atom is 0.262 e. The topological polar surface area (TPSA) is 66.4 Å². The van der Waals surface area contributed by atoms with Crippen molar-refractivity contribution in [3.63, 3.8) is 0 Å². The maximum atomic E-state index is 12.1. The highest BCUT2D eigenvalue weighted by Crippen LogP contribution is 2.25. The van der Waals surface area contributed by atoms with Gasteiger partial charge in [-0.2, -0.15) is 5.10 Å². The molecule has 1 heterocycles. The molecule has 3 rings (SSSR count). The highest BCUT2D eigenvalue weighted by atomic mass is 32.1. The molecular formula is C18H18N4OS. The van der Waals surface area contributed by atoms with Crippen LogP contribution >= 0.6 is 11.3 Å². The number of rotatable bonds is 5. The van der Waals surface area contributed by atoms with Gasteiger partial charge >= 0.3 is 0 Å². The first-order valence-electron chi connectivity index (χ1n) is 7.64. The first-order chi connectivity index (χ1) is 11.6. The van der Waals surface area contributed by atoms with Crippen molar-refractivity contribution in [2.24, 2.45) is 5.10 Å². The van der Waals surface area contributed by atoms with Crippen molar-refractivity contribution in [2.75, 3.05) is 5.32 Å². The summed E-state index contributed by atoms with van der Waals surface area (Å²) in [5.41, 5.74) is 5.57. The fraction of sp³-hybridized carbons (Fsp3) is 0.167. The summed E-state index contributed by atoms with van der Waals surface area (Å²) in [7, 11) is 0. The van der Waals surface area contributed by atoms with Crippen molar-refractivity contribution in [2.45, 2.75) is 19.9 Å². The van der Waals surface area contributed by atoms with Gasteiger partial charge in [0.2, 0.25) is 0 Å². The van der Waals surface area contributed by atoms with E-state index in [-0.39, 0.29) is 5.91 Å². The molecule has 1 atom stereocenters. The summed E-state index contributed by atoms with van der Waals surface area (Å²) < 4.78 is 1.09. The molecule has 1 aromatic heterocycles. The number of hydrogen-bond donors (Lipinski definition) is 2. The molecule has 0 saturated carbocycles. The lowest BCUT2D eigenvalue weighted by Crippen LogP contribution is -2.34. The SMILES string of the molecule is Cc1ccccc1/C=N\NC(=O)[C@@H](C)Nc1nc2ccccc2s1. The molecular weight excluding hydrogens is 320 g/mol. The minimum atomic E-state index is -0.431.